The molecular formula is C17H21N3. The molecule has 0 saturated carbocycles. The summed E-state index contributed by atoms with van der Waals surface area (Å²) in [7, 11) is 0. The fraction of sp³-hybridized carbons (Fsp3) is 0.412. The molecule has 3 rings (SSSR count). The van der Waals surface area contributed by atoms with Gasteiger partial charge in [0.1, 0.15) is 12.1 Å². The van der Waals surface area contributed by atoms with Crippen LogP contribution in [0.4, 0.5) is 5.82 Å². The molecule has 1 N–H and O–H groups in total. The van der Waals surface area contributed by atoms with E-state index < -0.39 is 0 Å². The first-order chi connectivity index (χ1) is 9.72. The third-order valence-electron chi connectivity index (χ3n) is 3.98. The first-order valence-corrected chi connectivity index (χ1v) is 7.37. The van der Waals surface area contributed by atoms with Gasteiger partial charge in [-0.3, -0.25) is 0 Å². The molecule has 1 aliphatic carbocycles. The zero-order chi connectivity index (χ0) is 13.9. The zero-order valence-corrected chi connectivity index (χ0v) is 12.1. The maximum Gasteiger partial charge on any atom is 0.129 e. The van der Waals surface area contributed by atoms with E-state index in [0.29, 0.717) is 12.0 Å². The molecule has 104 valence electrons. The van der Waals surface area contributed by atoms with Crippen LogP contribution in [0.5, 0.6) is 0 Å². The predicted molar refractivity (Wildman–Crippen MR) is 82.0 cm³/mol. The second-order valence-corrected chi connectivity index (χ2v) is 5.84. The predicted octanol–water partition coefficient (Wildman–Crippen LogP) is 3.57. The monoisotopic (exact) mass is 267 g/mol. The molecule has 0 amide bonds. The third-order valence-corrected chi connectivity index (χ3v) is 3.98. The quantitative estimate of drug-likeness (QED) is 0.924. The number of nitrogens with zero attached hydrogens (tertiary/aromatic N) is 2. The number of nitrogens with one attached hydrogen (secondary N) is 1. The van der Waals surface area contributed by atoms with Crippen LogP contribution in [0, 0.1) is 0 Å². The summed E-state index contributed by atoms with van der Waals surface area (Å²) in [5.41, 5.74) is 4.06. The van der Waals surface area contributed by atoms with Gasteiger partial charge in [0.2, 0.25) is 0 Å². The van der Waals surface area contributed by atoms with Gasteiger partial charge in [0.15, 0.2) is 0 Å². The summed E-state index contributed by atoms with van der Waals surface area (Å²) in [6, 6.07) is 11.3. The first kappa shape index (κ1) is 13.1. The van der Waals surface area contributed by atoms with E-state index in [1.54, 1.807) is 6.33 Å². The summed E-state index contributed by atoms with van der Waals surface area (Å²) in [6.45, 7) is 4.31. The van der Waals surface area contributed by atoms with Gasteiger partial charge in [-0.15, -0.1) is 0 Å². The largest absolute Gasteiger partial charge is 0.367 e. The zero-order valence-electron chi connectivity index (χ0n) is 12.1. The molecule has 0 bridgehead atoms. The smallest absolute Gasteiger partial charge is 0.129 e. The Hall–Kier alpha value is -1.90. The van der Waals surface area contributed by atoms with Gasteiger partial charge in [0.05, 0.1) is 0 Å². The summed E-state index contributed by atoms with van der Waals surface area (Å²) >= 11 is 0. The lowest BCUT2D eigenvalue weighted by molar-refractivity contribution is 0.608. The Balaban J connectivity index is 1.72. The van der Waals surface area contributed by atoms with Crippen molar-refractivity contribution in [2.24, 2.45) is 0 Å². The minimum Gasteiger partial charge on any atom is -0.367 e. The Kier molecular flexibility index (Phi) is 3.68. The van der Waals surface area contributed by atoms with Crippen molar-refractivity contribution in [3.63, 3.8) is 0 Å². The van der Waals surface area contributed by atoms with E-state index >= 15 is 0 Å². The molecule has 1 heterocycles. The average molecular weight is 267 g/mol. The van der Waals surface area contributed by atoms with Crippen LogP contribution in [0.25, 0.3) is 0 Å². The molecule has 3 heteroatoms. The van der Waals surface area contributed by atoms with Crippen molar-refractivity contribution < 1.29 is 0 Å². The van der Waals surface area contributed by atoms with Gasteiger partial charge >= 0.3 is 0 Å². The summed E-state index contributed by atoms with van der Waals surface area (Å²) in [5, 5.41) is 3.57. The van der Waals surface area contributed by atoms with E-state index in [1.165, 1.54) is 11.1 Å². The van der Waals surface area contributed by atoms with E-state index in [9.17, 15) is 0 Å². The van der Waals surface area contributed by atoms with Crippen LogP contribution in [0.15, 0.2) is 36.7 Å². The van der Waals surface area contributed by atoms with Gasteiger partial charge < -0.3 is 5.32 Å². The number of benzene rings is 1. The van der Waals surface area contributed by atoms with Crippen LogP contribution in [0.3, 0.4) is 0 Å². The molecule has 20 heavy (non-hydrogen) atoms. The summed E-state index contributed by atoms with van der Waals surface area (Å²) in [4.78, 5) is 8.67. The number of anilines is 1. The number of hydrogen-bond donors (Lipinski definition) is 1. The highest BCUT2D eigenvalue weighted by molar-refractivity contribution is 5.39. The fourth-order valence-corrected chi connectivity index (χ4v) is 2.80. The van der Waals surface area contributed by atoms with E-state index in [0.717, 1.165) is 30.8 Å². The van der Waals surface area contributed by atoms with Crippen molar-refractivity contribution >= 4 is 5.82 Å². The number of hydrogen-bond acceptors (Lipinski definition) is 3. The van der Waals surface area contributed by atoms with Crippen LogP contribution < -0.4 is 5.32 Å². The highest BCUT2D eigenvalue weighted by Crippen LogP contribution is 2.23. The van der Waals surface area contributed by atoms with Gasteiger partial charge in [-0.05, 0) is 36.3 Å². The Morgan fingerprint density at radius 1 is 1.15 bits per heavy atom. The molecule has 0 fully saturated rings. The molecular weight excluding hydrogens is 246 g/mol. The van der Waals surface area contributed by atoms with Crippen molar-refractivity contribution in [1.29, 1.82) is 0 Å². The van der Waals surface area contributed by atoms with Gasteiger partial charge in [-0.1, -0.05) is 38.1 Å². The maximum absolute atomic E-state index is 4.35. The van der Waals surface area contributed by atoms with Crippen molar-refractivity contribution in [1.82, 2.24) is 9.97 Å². The van der Waals surface area contributed by atoms with Crippen LogP contribution in [0.2, 0.25) is 0 Å². The lowest BCUT2D eigenvalue weighted by atomic mass is 9.88. The first-order valence-electron chi connectivity index (χ1n) is 7.37. The summed E-state index contributed by atoms with van der Waals surface area (Å²) in [6.07, 6.45) is 5.06. The second kappa shape index (κ2) is 5.61. The molecule has 2 aromatic rings. The van der Waals surface area contributed by atoms with Crippen molar-refractivity contribution in [3.8, 4) is 0 Å². The van der Waals surface area contributed by atoms with E-state index in [2.05, 4.69) is 59.5 Å². The molecule has 0 saturated heterocycles. The highest BCUT2D eigenvalue weighted by atomic mass is 15.0. The topological polar surface area (TPSA) is 37.8 Å². The van der Waals surface area contributed by atoms with Crippen molar-refractivity contribution in [3.05, 3.63) is 53.5 Å². The van der Waals surface area contributed by atoms with Gasteiger partial charge in [0.25, 0.3) is 0 Å². The van der Waals surface area contributed by atoms with E-state index in [1.807, 2.05) is 0 Å². The SMILES string of the molecule is CC(C)c1cc(NC2CCc3ccccc3C2)ncn1. The summed E-state index contributed by atoms with van der Waals surface area (Å²) < 4.78 is 0. The van der Waals surface area contributed by atoms with Crippen LogP contribution in [-0.4, -0.2) is 16.0 Å². The van der Waals surface area contributed by atoms with Crippen LogP contribution in [-0.2, 0) is 12.8 Å². The molecule has 0 aliphatic heterocycles. The molecule has 1 atom stereocenters. The molecule has 0 radical (unpaired) electrons. The molecule has 3 nitrogen and oxygen atoms in total. The van der Waals surface area contributed by atoms with Gasteiger partial charge in [-0.25, -0.2) is 9.97 Å². The molecule has 1 aromatic carbocycles. The fourth-order valence-electron chi connectivity index (χ4n) is 2.80. The van der Waals surface area contributed by atoms with Gasteiger partial charge in [0, 0.05) is 17.8 Å². The Morgan fingerprint density at radius 2 is 1.95 bits per heavy atom. The molecule has 1 unspecified atom stereocenters. The van der Waals surface area contributed by atoms with Crippen LogP contribution >= 0.6 is 0 Å². The molecule has 1 aromatic heterocycles. The number of aryl methyl sites for hydroxylation is 1. The lowest BCUT2D eigenvalue weighted by Crippen LogP contribution is -2.27. The van der Waals surface area contributed by atoms with Crippen molar-refractivity contribution in [2.75, 3.05) is 5.32 Å². The number of aromatic nitrogens is 2. The molecule has 0 spiro atoms. The third kappa shape index (κ3) is 2.82. The van der Waals surface area contributed by atoms with E-state index in [-0.39, 0.29) is 0 Å². The Labute approximate surface area is 120 Å². The maximum atomic E-state index is 4.35. The minimum atomic E-state index is 0.436. The van der Waals surface area contributed by atoms with E-state index in [4.69, 9.17) is 0 Å². The average Bonchev–Trinajstić information content (AvgIpc) is 2.47. The van der Waals surface area contributed by atoms with Crippen LogP contribution in [0.1, 0.15) is 43.0 Å². The summed E-state index contributed by atoms with van der Waals surface area (Å²) in [5.74, 6) is 1.39. The number of rotatable bonds is 3. The van der Waals surface area contributed by atoms with Crippen molar-refractivity contribution in [2.45, 2.75) is 45.1 Å². The highest BCUT2D eigenvalue weighted by Gasteiger charge is 2.18. The molecule has 1 aliphatic rings. The minimum absolute atomic E-state index is 0.436. The lowest BCUT2D eigenvalue weighted by Gasteiger charge is -2.26. The standard InChI is InChI=1S/C17H21N3/c1-12(2)16-10-17(19-11-18-16)20-15-8-7-13-5-3-4-6-14(13)9-15/h3-6,10-12,15H,7-9H2,1-2H3,(H,18,19,20). The Morgan fingerprint density at radius 3 is 2.75 bits per heavy atom. The van der Waals surface area contributed by atoms with Gasteiger partial charge in [-0.2, -0.15) is 0 Å². The second-order valence-electron chi connectivity index (χ2n) is 5.84. The Bertz CT molecular complexity index is 592. The normalized spacial score (nSPS) is 17.9. The number of fused-ring (bicyclic) bond motifs is 1.